The summed E-state index contributed by atoms with van der Waals surface area (Å²) in [5, 5.41) is 13.7. The topological polar surface area (TPSA) is 107 Å². The molecule has 0 aliphatic carbocycles. The number of aromatic nitrogens is 2. The quantitative estimate of drug-likeness (QED) is 0.579. The normalized spacial score (nSPS) is 11.8. The molecule has 0 bridgehead atoms. The molecule has 1 unspecified atom stereocenters. The molecule has 7 nitrogen and oxygen atoms in total. The van der Waals surface area contributed by atoms with Gasteiger partial charge in [0.1, 0.15) is 5.82 Å². The monoisotopic (exact) mass is 240 g/mol. The average molecular weight is 240 g/mol. The third-order valence-corrected chi connectivity index (χ3v) is 2.14. The number of H-pyrrole nitrogens is 1. The van der Waals surface area contributed by atoms with Crippen LogP contribution < -0.4 is 10.6 Å². The maximum Gasteiger partial charge on any atom is 0.315 e. The van der Waals surface area contributed by atoms with Crippen molar-refractivity contribution in [1.82, 2.24) is 20.6 Å². The Balaban J connectivity index is 2.18. The Morgan fingerprint density at radius 3 is 2.94 bits per heavy atom. The second kappa shape index (κ2) is 6.51. The molecular formula is C10H16N4O3. The van der Waals surface area contributed by atoms with E-state index in [2.05, 4.69) is 20.6 Å². The minimum absolute atomic E-state index is 0.0413. The zero-order valence-corrected chi connectivity index (χ0v) is 9.56. The van der Waals surface area contributed by atoms with Crippen LogP contribution in [0.3, 0.4) is 0 Å². The van der Waals surface area contributed by atoms with E-state index in [0.717, 1.165) is 0 Å². The lowest BCUT2D eigenvalue weighted by atomic mass is 10.2. The number of rotatable bonds is 6. The number of urea groups is 1. The molecule has 0 saturated carbocycles. The molecule has 1 aromatic heterocycles. The van der Waals surface area contributed by atoms with E-state index in [0.29, 0.717) is 18.8 Å². The van der Waals surface area contributed by atoms with Gasteiger partial charge in [-0.25, -0.2) is 9.78 Å². The molecule has 0 radical (unpaired) electrons. The van der Waals surface area contributed by atoms with Crippen LogP contribution in [0.5, 0.6) is 0 Å². The van der Waals surface area contributed by atoms with Gasteiger partial charge >= 0.3 is 12.0 Å². The van der Waals surface area contributed by atoms with Crippen molar-refractivity contribution >= 4 is 12.0 Å². The highest BCUT2D eigenvalue weighted by Gasteiger charge is 2.08. The Morgan fingerprint density at radius 2 is 2.35 bits per heavy atom. The van der Waals surface area contributed by atoms with E-state index in [9.17, 15) is 9.59 Å². The predicted molar refractivity (Wildman–Crippen MR) is 60.3 cm³/mol. The Kier molecular flexibility index (Phi) is 4.99. The maximum atomic E-state index is 11.4. The van der Waals surface area contributed by atoms with E-state index in [1.165, 1.54) is 0 Å². The third kappa shape index (κ3) is 5.55. The fourth-order valence-corrected chi connectivity index (χ4v) is 1.25. The van der Waals surface area contributed by atoms with Gasteiger partial charge in [-0.05, 0) is 13.3 Å². The second-order valence-electron chi connectivity index (χ2n) is 3.70. The molecule has 0 spiro atoms. The van der Waals surface area contributed by atoms with Crippen LogP contribution in [0, 0.1) is 0 Å². The van der Waals surface area contributed by atoms with Gasteiger partial charge in [-0.3, -0.25) is 4.79 Å². The van der Waals surface area contributed by atoms with E-state index >= 15 is 0 Å². The zero-order valence-electron chi connectivity index (χ0n) is 9.56. The molecular weight excluding hydrogens is 224 g/mol. The van der Waals surface area contributed by atoms with Crippen molar-refractivity contribution < 1.29 is 14.7 Å². The standard InChI is InChI=1S/C10H16N4O3/c1-7(2-3-9(15)16)14-10(17)13-6-8-11-4-5-12-8/h4-5,7H,2-3,6H2,1H3,(H,11,12)(H,15,16)(H2,13,14,17). The largest absolute Gasteiger partial charge is 0.481 e. The summed E-state index contributed by atoms with van der Waals surface area (Å²) in [5.41, 5.74) is 0. The number of amides is 2. The van der Waals surface area contributed by atoms with Gasteiger partial charge in [0.25, 0.3) is 0 Å². The molecule has 0 saturated heterocycles. The van der Waals surface area contributed by atoms with Gasteiger partial charge in [-0.1, -0.05) is 0 Å². The molecule has 7 heteroatoms. The fourth-order valence-electron chi connectivity index (χ4n) is 1.25. The summed E-state index contributed by atoms with van der Waals surface area (Å²) in [7, 11) is 0. The van der Waals surface area contributed by atoms with Crippen LogP contribution in [0.2, 0.25) is 0 Å². The molecule has 17 heavy (non-hydrogen) atoms. The first-order valence-electron chi connectivity index (χ1n) is 5.32. The molecule has 2 amide bonds. The molecule has 1 aromatic rings. The van der Waals surface area contributed by atoms with Gasteiger partial charge in [-0.15, -0.1) is 0 Å². The average Bonchev–Trinajstić information content (AvgIpc) is 2.76. The first-order chi connectivity index (χ1) is 8.08. The molecule has 1 heterocycles. The summed E-state index contributed by atoms with van der Waals surface area (Å²) in [6, 6.07) is -0.512. The van der Waals surface area contributed by atoms with Crippen LogP contribution in [0.25, 0.3) is 0 Å². The van der Waals surface area contributed by atoms with Crippen LogP contribution in [0.1, 0.15) is 25.6 Å². The smallest absolute Gasteiger partial charge is 0.315 e. The Morgan fingerprint density at radius 1 is 1.59 bits per heavy atom. The maximum absolute atomic E-state index is 11.4. The molecule has 0 fully saturated rings. The number of carboxylic acid groups (broad SMARTS) is 1. The van der Waals surface area contributed by atoms with Crippen LogP contribution in [0.15, 0.2) is 12.4 Å². The van der Waals surface area contributed by atoms with E-state index in [1.807, 2.05) is 0 Å². The number of carboxylic acids is 1. The molecule has 94 valence electrons. The number of carbonyl (C=O) groups excluding carboxylic acids is 1. The highest BCUT2D eigenvalue weighted by atomic mass is 16.4. The van der Waals surface area contributed by atoms with E-state index in [1.54, 1.807) is 19.3 Å². The minimum Gasteiger partial charge on any atom is -0.481 e. The molecule has 1 atom stereocenters. The van der Waals surface area contributed by atoms with Crippen molar-refractivity contribution in [2.24, 2.45) is 0 Å². The van der Waals surface area contributed by atoms with Gasteiger partial charge in [0.15, 0.2) is 0 Å². The molecule has 0 aliphatic rings. The lowest BCUT2D eigenvalue weighted by molar-refractivity contribution is -0.137. The first-order valence-corrected chi connectivity index (χ1v) is 5.32. The fraction of sp³-hybridized carbons (Fsp3) is 0.500. The van der Waals surface area contributed by atoms with E-state index < -0.39 is 5.97 Å². The second-order valence-corrected chi connectivity index (χ2v) is 3.70. The number of aliphatic carboxylic acids is 1. The van der Waals surface area contributed by atoms with Crippen LogP contribution in [0.4, 0.5) is 4.79 Å². The van der Waals surface area contributed by atoms with Gasteiger partial charge in [0, 0.05) is 24.9 Å². The summed E-state index contributed by atoms with van der Waals surface area (Å²) < 4.78 is 0. The highest BCUT2D eigenvalue weighted by molar-refractivity contribution is 5.74. The SMILES string of the molecule is CC(CCC(=O)O)NC(=O)NCc1ncc[nH]1. The Hall–Kier alpha value is -2.05. The number of nitrogens with zero attached hydrogens (tertiary/aromatic N) is 1. The Labute approximate surface area is 98.6 Å². The number of carbonyl (C=O) groups is 2. The highest BCUT2D eigenvalue weighted by Crippen LogP contribution is 1.96. The first kappa shape index (κ1) is 13.0. The lowest BCUT2D eigenvalue weighted by Gasteiger charge is -2.13. The minimum atomic E-state index is -0.866. The van der Waals surface area contributed by atoms with Crippen molar-refractivity contribution in [2.45, 2.75) is 32.4 Å². The van der Waals surface area contributed by atoms with Crippen molar-refractivity contribution in [3.63, 3.8) is 0 Å². The number of imidazole rings is 1. The van der Waals surface area contributed by atoms with Gasteiger partial charge in [0.05, 0.1) is 6.54 Å². The number of hydrogen-bond donors (Lipinski definition) is 4. The molecule has 4 N–H and O–H groups in total. The predicted octanol–water partition coefficient (Wildman–Crippen LogP) is 0.462. The summed E-state index contributed by atoms with van der Waals surface area (Å²) in [6.45, 7) is 2.07. The van der Waals surface area contributed by atoms with Gasteiger partial charge < -0.3 is 20.7 Å². The van der Waals surface area contributed by atoms with Crippen molar-refractivity contribution in [3.8, 4) is 0 Å². The van der Waals surface area contributed by atoms with Gasteiger partial charge in [0.2, 0.25) is 0 Å². The summed E-state index contributed by atoms with van der Waals surface area (Å²) in [6.07, 6.45) is 3.72. The molecule has 0 aliphatic heterocycles. The lowest BCUT2D eigenvalue weighted by Crippen LogP contribution is -2.40. The third-order valence-electron chi connectivity index (χ3n) is 2.14. The number of hydrogen-bond acceptors (Lipinski definition) is 3. The van der Waals surface area contributed by atoms with Crippen LogP contribution >= 0.6 is 0 Å². The van der Waals surface area contributed by atoms with Gasteiger partial charge in [-0.2, -0.15) is 0 Å². The van der Waals surface area contributed by atoms with Crippen LogP contribution in [-0.4, -0.2) is 33.1 Å². The zero-order chi connectivity index (χ0) is 12.7. The summed E-state index contributed by atoms with van der Waals surface area (Å²) in [5.74, 6) is -0.201. The molecule has 1 rings (SSSR count). The van der Waals surface area contributed by atoms with E-state index in [-0.39, 0.29) is 18.5 Å². The van der Waals surface area contributed by atoms with E-state index in [4.69, 9.17) is 5.11 Å². The molecule has 0 aromatic carbocycles. The number of nitrogens with one attached hydrogen (secondary N) is 3. The van der Waals surface area contributed by atoms with Crippen molar-refractivity contribution in [3.05, 3.63) is 18.2 Å². The van der Waals surface area contributed by atoms with Crippen molar-refractivity contribution in [2.75, 3.05) is 0 Å². The number of aromatic amines is 1. The summed E-state index contributed by atoms with van der Waals surface area (Å²) >= 11 is 0. The van der Waals surface area contributed by atoms with Crippen LogP contribution in [-0.2, 0) is 11.3 Å². The summed E-state index contributed by atoms with van der Waals surface area (Å²) in [4.78, 5) is 28.5. The van der Waals surface area contributed by atoms with Crippen molar-refractivity contribution in [1.29, 1.82) is 0 Å². The Bertz CT molecular complexity index is 364.